The first kappa shape index (κ1) is 19.5. The van der Waals surface area contributed by atoms with Crippen molar-refractivity contribution < 1.29 is 13.2 Å². The molecule has 0 unspecified atom stereocenters. The molecule has 1 heterocycles. The number of aryl methyl sites for hydroxylation is 1. The predicted octanol–water partition coefficient (Wildman–Crippen LogP) is 4.65. The Morgan fingerprint density at radius 2 is 1.79 bits per heavy atom. The maximum absolute atomic E-state index is 12.9. The molecule has 3 aromatic carbocycles. The molecule has 0 fully saturated rings. The van der Waals surface area contributed by atoms with E-state index in [1.165, 1.54) is 6.07 Å². The monoisotopic (exact) mass is 426 g/mol. The van der Waals surface area contributed by atoms with E-state index in [2.05, 4.69) is 4.72 Å². The second-order valence-electron chi connectivity index (χ2n) is 6.98. The Balaban J connectivity index is 1.59. The molecule has 1 aliphatic rings. The minimum Gasteiger partial charge on any atom is -0.308 e. The van der Waals surface area contributed by atoms with Crippen molar-refractivity contribution in [2.24, 2.45) is 0 Å². The van der Waals surface area contributed by atoms with E-state index in [-0.39, 0.29) is 10.8 Å². The van der Waals surface area contributed by atoms with Crippen LogP contribution in [0.1, 0.15) is 21.5 Å². The molecule has 0 bridgehead atoms. The van der Waals surface area contributed by atoms with E-state index in [9.17, 15) is 13.2 Å². The lowest BCUT2D eigenvalue weighted by molar-refractivity contribution is 0.0989. The Labute approximate surface area is 175 Å². The molecule has 1 N–H and O–H groups in total. The summed E-state index contributed by atoms with van der Waals surface area (Å²) in [4.78, 5) is 14.7. The van der Waals surface area contributed by atoms with Crippen LogP contribution < -0.4 is 9.62 Å². The number of hydrogen-bond donors (Lipinski definition) is 1. The van der Waals surface area contributed by atoms with Gasteiger partial charge in [-0.2, -0.15) is 0 Å². The summed E-state index contributed by atoms with van der Waals surface area (Å²) in [5.74, 6) is -0.0867. The number of carbonyl (C=O) groups excluding carboxylic acids is 1. The summed E-state index contributed by atoms with van der Waals surface area (Å²) >= 11 is 5.93. The zero-order valence-electron chi connectivity index (χ0n) is 15.7. The van der Waals surface area contributed by atoms with Gasteiger partial charge in [-0.15, -0.1) is 0 Å². The van der Waals surface area contributed by atoms with Gasteiger partial charge < -0.3 is 4.90 Å². The standard InChI is InChI=1S/C22H19ClN2O3S/c1-15-5-7-16(8-6-15)22(26)25-12-11-17-13-20(9-10-21(17)25)29(27,28)24-19-4-2-3-18(23)14-19/h2-10,13-14,24H,11-12H2,1H3. The van der Waals surface area contributed by atoms with Crippen molar-refractivity contribution in [2.75, 3.05) is 16.2 Å². The molecule has 29 heavy (non-hydrogen) atoms. The molecule has 0 saturated carbocycles. The number of amides is 1. The van der Waals surface area contributed by atoms with Crippen LogP contribution in [-0.2, 0) is 16.4 Å². The molecule has 1 amide bonds. The quantitative estimate of drug-likeness (QED) is 0.660. The fraction of sp³-hybridized carbons (Fsp3) is 0.136. The van der Waals surface area contributed by atoms with Crippen LogP contribution in [-0.4, -0.2) is 20.9 Å². The predicted molar refractivity (Wildman–Crippen MR) is 115 cm³/mol. The van der Waals surface area contributed by atoms with Gasteiger partial charge in [0, 0.05) is 22.8 Å². The Bertz CT molecular complexity index is 1190. The molecule has 0 aromatic heterocycles. The maximum Gasteiger partial charge on any atom is 0.261 e. The summed E-state index contributed by atoms with van der Waals surface area (Å²) in [5.41, 5.74) is 3.68. The molecule has 5 nitrogen and oxygen atoms in total. The highest BCUT2D eigenvalue weighted by Crippen LogP contribution is 2.32. The number of nitrogens with zero attached hydrogens (tertiary/aromatic N) is 1. The zero-order chi connectivity index (χ0) is 20.6. The van der Waals surface area contributed by atoms with E-state index < -0.39 is 10.0 Å². The largest absolute Gasteiger partial charge is 0.308 e. The lowest BCUT2D eigenvalue weighted by atomic mass is 10.1. The van der Waals surface area contributed by atoms with E-state index in [1.807, 2.05) is 31.2 Å². The molecular weight excluding hydrogens is 408 g/mol. The SMILES string of the molecule is Cc1ccc(C(=O)N2CCc3cc(S(=O)(=O)Nc4cccc(Cl)c4)ccc32)cc1. The molecule has 0 saturated heterocycles. The van der Waals surface area contributed by atoms with Crippen molar-refractivity contribution in [1.29, 1.82) is 0 Å². The topological polar surface area (TPSA) is 66.5 Å². The Kier molecular flexibility index (Phi) is 5.06. The first-order valence-electron chi connectivity index (χ1n) is 9.13. The van der Waals surface area contributed by atoms with Crippen LogP contribution in [0, 0.1) is 6.92 Å². The summed E-state index contributed by atoms with van der Waals surface area (Å²) in [7, 11) is -3.76. The van der Waals surface area contributed by atoms with Crippen molar-refractivity contribution in [3.8, 4) is 0 Å². The molecular formula is C22H19ClN2O3S. The van der Waals surface area contributed by atoms with Crippen LogP contribution in [0.4, 0.5) is 11.4 Å². The number of nitrogens with one attached hydrogen (secondary N) is 1. The van der Waals surface area contributed by atoms with Crippen molar-refractivity contribution >= 4 is 38.9 Å². The highest BCUT2D eigenvalue weighted by Gasteiger charge is 2.27. The smallest absolute Gasteiger partial charge is 0.261 e. The highest BCUT2D eigenvalue weighted by molar-refractivity contribution is 7.92. The normalized spacial score (nSPS) is 13.2. The molecule has 0 aliphatic carbocycles. The van der Waals surface area contributed by atoms with Crippen LogP contribution in [0.25, 0.3) is 0 Å². The number of fused-ring (bicyclic) bond motifs is 1. The lowest BCUT2D eigenvalue weighted by Crippen LogP contribution is -2.28. The number of anilines is 2. The van der Waals surface area contributed by atoms with Crippen molar-refractivity contribution in [3.63, 3.8) is 0 Å². The molecule has 0 radical (unpaired) electrons. The van der Waals surface area contributed by atoms with Gasteiger partial charge in [0.15, 0.2) is 0 Å². The van der Waals surface area contributed by atoms with Gasteiger partial charge in [-0.25, -0.2) is 8.42 Å². The van der Waals surface area contributed by atoms with E-state index >= 15 is 0 Å². The van der Waals surface area contributed by atoms with Crippen molar-refractivity contribution in [1.82, 2.24) is 0 Å². The minimum absolute atomic E-state index is 0.0867. The summed E-state index contributed by atoms with van der Waals surface area (Å²) in [6, 6.07) is 18.8. The molecule has 3 aromatic rings. The first-order chi connectivity index (χ1) is 13.8. The number of halogens is 1. The first-order valence-corrected chi connectivity index (χ1v) is 11.0. The second kappa shape index (κ2) is 7.54. The highest BCUT2D eigenvalue weighted by atomic mass is 35.5. The van der Waals surface area contributed by atoms with Gasteiger partial charge >= 0.3 is 0 Å². The van der Waals surface area contributed by atoms with Crippen LogP contribution in [0.3, 0.4) is 0 Å². The Morgan fingerprint density at radius 1 is 1.03 bits per heavy atom. The fourth-order valence-electron chi connectivity index (χ4n) is 3.37. The van der Waals surface area contributed by atoms with E-state index in [0.717, 1.165) is 16.8 Å². The zero-order valence-corrected chi connectivity index (χ0v) is 17.3. The number of rotatable bonds is 4. The molecule has 7 heteroatoms. The summed E-state index contributed by atoms with van der Waals surface area (Å²) in [6.45, 7) is 2.49. The van der Waals surface area contributed by atoms with Crippen LogP contribution >= 0.6 is 11.6 Å². The average molecular weight is 427 g/mol. The molecule has 148 valence electrons. The van der Waals surface area contributed by atoms with Crippen LogP contribution in [0.2, 0.25) is 5.02 Å². The Morgan fingerprint density at radius 3 is 2.52 bits per heavy atom. The van der Waals surface area contributed by atoms with Gasteiger partial charge in [-0.05, 0) is 67.4 Å². The van der Waals surface area contributed by atoms with E-state index in [1.54, 1.807) is 41.3 Å². The van der Waals surface area contributed by atoms with Crippen LogP contribution in [0.5, 0.6) is 0 Å². The lowest BCUT2D eigenvalue weighted by Gasteiger charge is -2.18. The van der Waals surface area contributed by atoms with Gasteiger partial charge in [0.25, 0.3) is 15.9 Å². The maximum atomic E-state index is 12.9. The minimum atomic E-state index is -3.76. The van der Waals surface area contributed by atoms with Gasteiger partial charge in [0.2, 0.25) is 0 Å². The van der Waals surface area contributed by atoms with E-state index in [0.29, 0.717) is 29.2 Å². The summed E-state index contributed by atoms with van der Waals surface area (Å²) in [5, 5.41) is 0.449. The average Bonchev–Trinajstić information content (AvgIpc) is 3.11. The Hall–Kier alpha value is -2.83. The summed E-state index contributed by atoms with van der Waals surface area (Å²) in [6.07, 6.45) is 0.605. The third kappa shape index (κ3) is 3.99. The molecule has 1 aliphatic heterocycles. The molecule has 0 atom stereocenters. The van der Waals surface area contributed by atoms with Crippen molar-refractivity contribution in [3.05, 3.63) is 88.4 Å². The van der Waals surface area contributed by atoms with E-state index in [4.69, 9.17) is 11.6 Å². The van der Waals surface area contributed by atoms with Gasteiger partial charge in [-0.1, -0.05) is 35.4 Å². The second-order valence-corrected chi connectivity index (χ2v) is 9.10. The number of hydrogen-bond acceptors (Lipinski definition) is 3. The van der Waals surface area contributed by atoms with Gasteiger partial charge in [-0.3, -0.25) is 9.52 Å². The molecule has 0 spiro atoms. The van der Waals surface area contributed by atoms with Gasteiger partial charge in [0.05, 0.1) is 10.6 Å². The molecule has 4 rings (SSSR count). The number of carbonyl (C=O) groups is 1. The van der Waals surface area contributed by atoms with Gasteiger partial charge in [0.1, 0.15) is 0 Å². The van der Waals surface area contributed by atoms with Crippen LogP contribution in [0.15, 0.2) is 71.6 Å². The fourth-order valence-corrected chi connectivity index (χ4v) is 4.66. The number of sulfonamides is 1. The number of benzene rings is 3. The summed E-state index contributed by atoms with van der Waals surface area (Å²) < 4.78 is 28.0. The van der Waals surface area contributed by atoms with Crippen molar-refractivity contribution in [2.45, 2.75) is 18.2 Å². The third-order valence-corrected chi connectivity index (χ3v) is 6.49. The third-order valence-electron chi connectivity index (χ3n) is 4.88.